The third kappa shape index (κ3) is 9.15. The number of nitrogens with zero attached hydrogens (tertiary/aromatic N) is 2. The van der Waals surface area contributed by atoms with Gasteiger partial charge in [0.2, 0.25) is 0 Å². The summed E-state index contributed by atoms with van der Waals surface area (Å²) in [5.41, 5.74) is 0. The molecule has 1 rings (SSSR count). The van der Waals surface area contributed by atoms with Crippen LogP contribution in [0.1, 0.15) is 46.0 Å². The molecule has 2 N–H and O–H groups in total. The highest BCUT2D eigenvalue weighted by atomic mass is 127. The Labute approximate surface area is 153 Å². The van der Waals surface area contributed by atoms with Crippen molar-refractivity contribution in [1.82, 2.24) is 15.5 Å². The van der Waals surface area contributed by atoms with Gasteiger partial charge in [-0.2, -0.15) is 0 Å². The smallest absolute Gasteiger partial charge is 0.191 e. The number of rotatable bonds is 10. The summed E-state index contributed by atoms with van der Waals surface area (Å²) in [6.07, 6.45) is 6.28. The summed E-state index contributed by atoms with van der Waals surface area (Å²) in [5, 5.41) is 6.77. The molecule has 0 amide bonds. The topological polar surface area (TPSA) is 48.9 Å². The van der Waals surface area contributed by atoms with Crippen LogP contribution in [0.3, 0.4) is 0 Å². The molecule has 1 atom stereocenters. The second kappa shape index (κ2) is 14.5. The molecule has 1 unspecified atom stereocenters. The predicted molar refractivity (Wildman–Crippen MR) is 105 cm³/mol. The maximum Gasteiger partial charge on any atom is 0.191 e. The van der Waals surface area contributed by atoms with Crippen molar-refractivity contribution in [2.75, 3.05) is 46.4 Å². The molecule has 1 aliphatic rings. The lowest BCUT2D eigenvalue weighted by atomic mass is 10.2. The molecule has 0 aromatic rings. The van der Waals surface area contributed by atoms with Gasteiger partial charge in [-0.1, -0.05) is 19.8 Å². The van der Waals surface area contributed by atoms with E-state index in [4.69, 9.17) is 9.73 Å². The van der Waals surface area contributed by atoms with Gasteiger partial charge in [-0.25, -0.2) is 0 Å². The standard InChI is InChI=1S/C16H34N4O.HI/c1-4-6-7-10-18-16(17-5-2)19-14-15-9-8-11-20(15)12-13-21-3;/h15H,4-14H2,1-3H3,(H2,17,18,19);1H. The van der Waals surface area contributed by atoms with Crippen LogP contribution < -0.4 is 10.6 Å². The molecule has 0 aromatic heterocycles. The van der Waals surface area contributed by atoms with Gasteiger partial charge in [-0.3, -0.25) is 9.89 Å². The van der Waals surface area contributed by atoms with E-state index in [0.29, 0.717) is 6.04 Å². The molecule has 1 fully saturated rings. The van der Waals surface area contributed by atoms with Crippen molar-refractivity contribution in [3.05, 3.63) is 0 Å². The molecule has 0 radical (unpaired) electrons. The molecule has 0 aliphatic carbocycles. The average Bonchev–Trinajstić information content (AvgIpc) is 2.94. The van der Waals surface area contributed by atoms with Crippen molar-refractivity contribution in [2.24, 2.45) is 4.99 Å². The summed E-state index contributed by atoms with van der Waals surface area (Å²) < 4.78 is 5.19. The zero-order valence-corrected chi connectivity index (χ0v) is 16.9. The van der Waals surface area contributed by atoms with Crippen LogP contribution in [-0.2, 0) is 4.74 Å². The molecule has 0 saturated carbocycles. The van der Waals surface area contributed by atoms with Gasteiger partial charge in [0.1, 0.15) is 0 Å². The number of likely N-dealkylation sites (tertiary alicyclic amines) is 1. The Hall–Kier alpha value is -0.0800. The molecular formula is C16H35IN4O. The number of methoxy groups -OCH3 is 1. The van der Waals surface area contributed by atoms with E-state index in [1.165, 1.54) is 38.6 Å². The quantitative estimate of drug-likeness (QED) is 0.244. The summed E-state index contributed by atoms with van der Waals surface area (Å²) in [7, 11) is 1.77. The first-order valence-electron chi connectivity index (χ1n) is 8.57. The van der Waals surface area contributed by atoms with E-state index < -0.39 is 0 Å². The van der Waals surface area contributed by atoms with Crippen molar-refractivity contribution in [1.29, 1.82) is 0 Å². The number of hydrogen-bond donors (Lipinski definition) is 2. The molecule has 1 aliphatic heterocycles. The predicted octanol–water partition coefficient (Wildman–Crippen LogP) is 2.46. The lowest BCUT2D eigenvalue weighted by molar-refractivity contribution is 0.142. The van der Waals surface area contributed by atoms with E-state index in [0.717, 1.165) is 38.7 Å². The largest absolute Gasteiger partial charge is 0.383 e. The lowest BCUT2D eigenvalue weighted by Gasteiger charge is -2.23. The maximum absolute atomic E-state index is 5.19. The maximum atomic E-state index is 5.19. The Balaban J connectivity index is 0.00000441. The minimum absolute atomic E-state index is 0. The number of guanidine groups is 1. The van der Waals surface area contributed by atoms with Gasteiger partial charge in [0.05, 0.1) is 13.2 Å². The van der Waals surface area contributed by atoms with Crippen molar-refractivity contribution in [3.8, 4) is 0 Å². The van der Waals surface area contributed by atoms with Gasteiger partial charge in [-0.15, -0.1) is 24.0 Å². The SMILES string of the molecule is CCCCCNC(=NCC1CCCN1CCOC)NCC.I. The van der Waals surface area contributed by atoms with Gasteiger partial charge < -0.3 is 15.4 Å². The van der Waals surface area contributed by atoms with Gasteiger partial charge in [-0.05, 0) is 32.7 Å². The monoisotopic (exact) mass is 426 g/mol. The number of halogens is 1. The minimum atomic E-state index is 0. The molecule has 132 valence electrons. The van der Waals surface area contributed by atoms with E-state index in [-0.39, 0.29) is 24.0 Å². The van der Waals surface area contributed by atoms with Crippen LogP contribution in [0, 0.1) is 0 Å². The molecule has 0 bridgehead atoms. The third-order valence-corrected chi connectivity index (χ3v) is 3.96. The average molecular weight is 426 g/mol. The second-order valence-corrected chi connectivity index (χ2v) is 5.68. The molecular weight excluding hydrogens is 391 g/mol. The van der Waals surface area contributed by atoms with Gasteiger partial charge in [0.15, 0.2) is 5.96 Å². The van der Waals surface area contributed by atoms with Crippen LogP contribution in [0.2, 0.25) is 0 Å². The molecule has 22 heavy (non-hydrogen) atoms. The summed E-state index contributed by atoms with van der Waals surface area (Å²) in [6.45, 7) is 10.2. The Morgan fingerprint density at radius 3 is 2.77 bits per heavy atom. The Kier molecular flexibility index (Phi) is 14.5. The number of ether oxygens (including phenoxy) is 1. The fourth-order valence-corrected chi connectivity index (χ4v) is 2.73. The first-order chi connectivity index (χ1) is 10.3. The number of unbranched alkanes of at least 4 members (excludes halogenated alkanes) is 2. The Bertz CT molecular complexity index is 289. The van der Waals surface area contributed by atoms with Crippen LogP contribution >= 0.6 is 24.0 Å². The highest BCUT2D eigenvalue weighted by Gasteiger charge is 2.23. The fourth-order valence-electron chi connectivity index (χ4n) is 2.73. The zero-order chi connectivity index (χ0) is 15.3. The van der Waals surface area contributed by atoms with Gasteiger partial charge >= 0.3 is 0 Å². The molecule has 1 heterocycles. The van der Waals surface area contributed by atoms with Crippen LogP contribution in [0.5, 0.6) is 0 Å². The number of hydrogen-bond acceptors (Lipinski definition) is 3. The molecule has 0 spiro atoms. The highest BCUT2D eigenvalue weighted by molar-refractivity contribution is 14.0. The summed E-state index contributed by atoms with van der Waals surface area (Å²) >= 11 is 0. The van der Waals surface area contributed by atoms with Crippen molar-refractivity contribution >= 4 is 29.9 Å². The van der Waals surface area contributed by atoms with E-state index >= 15 is 0 Å². The Morgan fingerprint density at radius 2 is 2.09 bits per heavy atom. The fraction of sp³-hybridized carbons (Fsp3) is 0.938. The first-order valence-corrected chi connectivity index (χ1v) is 8.57. The van der Waals surface area contributed by atoms with Gasteiger partial charge in [0.25, 0.3) is 0 Å². The first kappa shape index (κ1) is 21.9. The minimum Gasteiger partial charge on any atom is -0.383 e. The second-order valence-electron chi connectivity index (χ2n) is 5.68. The van der Waals surface area contributed by atoms with E-state index in [9.17, 15) is 0 Å². The summed E-state index contributed by atoms with van der Waals surface area (Å²) in [5.74, 6) is 0.965. The van der Waals surface area contributed by atoms with Gasteiger partial charge in [0, 0.05) is 32.8 Å². The molecule has 0 aromatic carbocycles. The number of aliphatic imine (C=N–C) groups is 1. The molecule has 1 saturated heterocycles. The van der Waals surface area contributed by atoms with Crippen molar-refractivity contribution in [3.63, 3.8) is 0 Å². The zero-order valence-electron chi connectivity index (χ0n) is 14.6. The van der Waals surface area contributed by atoms with E-state index in [1.54, 1.807) is 7.11 Å². The van der Waals surface area contributed by atoms with Crippen molar-refractivity contribution in [2.45, 2.75) is 52.0 Å². The van der Waals surface area contributed by atoms with E-state index in [2.05, 4.69) is 29.4 Å². The third-order valence-electron chi connectivity index (χ3n) is 3.96. The van der Waals surface area contributed by atoms with Crippen LogP contribution in [0.4, 0.5) is 0 Å². The summed E-state index contributed by atoms with van der Waals surface area (Å²) in [4.78, 5) is 7.27. The normalized spacial score (nSPS) is 19.0. The van der Waals surface area contributed by atoms with Crippen LogP contribution in [0.15, 0.2) is 4.99 Å². The van der Waals surface area contributed by atoms with Crippen LogP contribution in [-0.4, -0.2) is 63.3 Å². The molecule has 5 nitrogen and oxygen atoms in total. The van der Waals surface area contributed by atoms with E-state index in [1.807, 2.05) is 0 Å². The lowest BCUT2D eigenvalue weighted by Crippen LogP contribution is -2.40. The van der Waals surface area contributed by atoms with Crippen molar-refractivity contribution < 1.29 is 4.74 Å². The number of nitrogens with one attached hydrogen (secondary N) is 2. The summed E-state index contributed by atoms with van der Waals surface area (Å²) in [6, 6.07) is 0.575. The highest BCUT2D eigenvalue weighted by Crippen LogP contribution is 2.16. The van der Waals surface area contributed by atoms with Crippen LogP contribution in [0.25, 0.3) is 0 Å². The molecule has 6 heteroatoms. The Morgan fingerprint density at radius 1 is 1.27 bits per heavy atom.